The summed E-state index contributed by atoms with van der Waals surface area (Å²) in [6.07, 6.45) is -0.779. The molecule has 0 aliphatic carbocycles. The first-order chi connectivity index (χ1) is 7.95. The van der Waals surface area contributed by atoms with Crippen molar-refractivity contribution in [2.45, 2.75) is 19.4 Å². The molecule has 0 aliphatic rings. The fourth-order valence-corrected chi connectivity index (χ4v) is 1.23. The van der Waals surface area contributed by atoms with Gasteiger partial charge in [-0.1, -0.05) is 6.92 Å². The minimum atomic E-state index is -1.02. The van der Waals surface area contributed by atoms with Crippen LogP contribution in [0.15, 0.2) is 18.2 Å². The maximum absolute atomic E-state index is 12.9. The highest BCUT2D eigenvalue weighted by molar-refractivity contribution is 5.79. The number of hydrogen-bond acceptors (Lipinski definition) is 4. The minimum absolute atomic E-state index is 0.239. The molecule has 17 heavy (non-hydrogen) atoms. The zero-order valence-corrected chi connectivity index (χ0v) is 9.05. The van der Waals surface area contributed by atoms with Crippen molar-refractivity contribution in [3.05, 3.63) is 34.1 Å². The summed E-state index contributed by atoms with van der Waals surface area (Å²) in [5.74, 6) is -1.75. The number of carbonyl (C=O) groups is 1. The van der Waals surface area contributed by atoms with Gasteiger partial charge in [0.25, 0.3) is 5.91 Å². The number of nitro benzene ring substituents is 1. The zero-order valence-electron chi connectivity index (χ0n) is 9.05. The molecular formula is C10H11FN2O4. The molecule has 1 aromatic rings. The molecule has 92 valence electrons. The molecule has 0 radical (unpaired) electrons. The van der Waals surface area contributed by atoms with E-state index < -0.39 is 28.4 Å². The first-order valence-corrected chi connectivity index (χ1v) is 4.85. The van der Waals surface area contributed by atoms with Crippen molar-refractivity contribution in [1.82, 2.24) is 0 Å². The van der Waals surface area contributed by atoms with Crippen LogP contribution in [-0.2, 0) is 4.79 Å². The molecule has 6 nitrogen and oxygen atoms in total. The highest BCUT2D eigenvalue weighted by atomic mass is 19.1. The van der Waals surface area contributed by atoms with Gasteiger partial charge in [0.05, 0.1) is 4.92 Å². The first-order valence-electron chi connectivity index (χ1n) is 4.85. The van der Waals surface area contributed by atoms with Gasteiger partial charge in [-0.05, 0) is 12.5 Å². The number of hydrogen-bond donors (Lipinski definition) is 1. The predicted molar refractivity (Wildman–Crippen MR) is 57.0 cm³/mol. The number of amides is 1. The molecule has 1 amide bonds. The van der Waals surface area contributed by atoms with Crippen LogP contribution in [0.3, 0.4) is 0 Å². The van der Waals surface area contributed by atoms with Crippen LogP contribution in [0.25, 0.3) is 0 Å². The van der Waals surface area contributed by atoms with E-state index in [1.807, 2.05) is 0 Å². The number of nitrogens with zero attached hydrogens (tertiary/aromatic N) is 1. The molecule has 0 fully saturated rings. The molecule has 0 bridgehead atoms. The largest absolute Gasteiger partial charge is 0.473 e. The third-order valence-corrected chi connectivity index (χ3v) is 2.08. The van der Waals surface area contributed by atoms with Crippen LogP contribution in [0.5, 0.6) is 5.75 Å². The minimum Gasteiger partial charge on any atom is -0.473 e. The highest BCUT2D eigenvalue weighted by Gasteiger charge is 2.22. The van der Waals surface area contributed by atoms with Crippen molar-refractivity contribution in [1.29, 1.82) is 0 Å². The molecule has 0 aromatic heterocycles. The maximum atomic E-state index is 12.9. The Morgan fingerprint density at radius 2 is 2.29 bits per heavy atom. The van der Waals surface area contributed by atoms with Crippen LogP contribution in [0, 0.1) is 15.9 Å². The van der Waals surface area contributed by atoms with Gasteiger partial charge in [-0.25, -0.2) is 4.39 Å². The van der Waals surface area contributed by atoms with Crippen LogP contribution in [0.2, 0.25) is 0 Å². The van der Waals surface area contributed by atoms with Gasteiger partial charge >= 0.3 is 5.69 Å². The van der Waals surface area contributed by atoms with Crippen LogP contribution in [-0.4, -0.2) is 16.9 Å². The second kappa shape index (κ2) is 5.24. The van der Waals surface area contributed by atoms with E-state index in [-0.39, 0.29) is 12.2 Å². The van der Waals surface area contributed by atoms with Crippen LogP contribution < -0.4 is 10.5 Å². The zero-order chi connectivity index (χ0) is 13.0. The Morgan fingerprint density at radius 3 is 2.76 bits per heavy atom. The van der Waals surface area contributed by atoms with Crippen molar-refractivity contribution >= 4 is 11.6 Å². The molecule has 0 saturated heterocycles. The number of ether oxygens (including phenoxy) is 1. The third-order valence-electron chi connectivity index (χ3n) is 2.08. The second-order valence-corrected chi connectivity index (χ2v) is 3.29. The smallest absolute Gasteiger partial charge is 0.311 e. The summed E-state index contributed by atoms with van der Waals surface area (Å²) in [6.45, 7) is 1.63. The third kappa shape index (κ3) is 3.13. The van der Waals surface area contributed by atoms with E-state index in [1.165, 1.54) is 0 Å². The summed E-state index contributed by atoms with van der Waals surface area (Å²) in [7, 11) is 0. The molecule has 0 spiro atoms. The molecule has 0 saturated carbocycles. The SMILES string of the molecule is CCC(Oc1cc(F)ccc1[N+](=O)[O-])C(N)=O. The number of primary amides is 1. The lowest BCUT2D eigenvalue weighted by Crippen LogP contribution is -2.33. The monoisotopic (exact) mass is 242 g/mol. The van der Waals surface area contributed by atoms with E-state index in [0.717, 1.165) is 18.2 Å². The number of nitrogens with two attached hydrogens (primary N) is 1. The highest BCUT2D eigenvalue weighted by Crippen LogP contribution is 2.28. The van der Waals surface area contributed by atoms with E-state index in [4.69, 9.17) is 10.5 Å². The normalized spacial score (nSPS) is 11.9. The van der Waals surface area contributed by atoms with Crippen LogP contribution in [0.4, 0.5) is 10.1 Å². The van der Waals surface area contributed by atoms with Gasteiger partial charge in [-0.3, -0.25) is 14.9 Å². The molecule has 7 heteroatoms. The summed E-state index contributed by atoms with van der Waals surface area (Å²) in [5.41, 5.74) is 4.62. The molecule has 0 aliphatic heterocycles. The van der Waals surface area contributed by atoms with E-state index in [0.29, 0.717) is 0 Å². The Balaban J connectivity index is 3.07. The molecule has 1 unspecified atom stereocenters. The van der Waals surface area contributed by atoms with Crippen molar-refractivity contribution < 1.29 is 18.8 Å². The van der Waals surface area contributed by atoms with Gasteiger partial charge < -0.3 is 10.5 Å². The van der Waals surface area contributed by atoms with Crippen molar-refractivity contribution in [3.63, 3.8) is 0 Å². The Bertz CT molecular complexity index is 450. The Hall–Kier alpha value is -2.18. The van der Waals surface area contributed by atoms with Gasteiger partial charge in [0, 0.05) is 12.1 Å². The Morgan fingerprint density at radius 1 is 1.65 bits per heavy atom. The van der Waals surface area contributed by atoms with Crippen molar-refractivity contribution in [2.75, 3.05) is 0 Å². The molecule has 1 aromatic carbocycles. The van der Waals surface area contributed by atoms with E-state index in [1.54, 1.807) is 6.92 Å². The maximum Gasteiger partial charge on any atom is 0.311 e. The van der Waals surface area contributed by atoms with Gasteiger partial charge in [0.2, 0.25) is 5.75 Å². The van der Waals surface area contributed by atoms with Crippen molar-refractivity contribution in [2.24, 2.45) is 5.73 Å². The summed E-state index contributed by atoms with van der Waals surface area (Å²) in [4.78, 5) is 20.9. The quantitative estimate of drug-likeness (QED) is 0.623. The van der Waals surface area contributed by atoms with E-state index >= 15 is 0 Å². The fraction of sp³-hybridized carbons (Fsp3) is 0.300. The average Bonchev–Trinajstić information content (AvgIpc) is 2.25. The molecule has 0 heterocycles. The number of halogens is 1. The molecular weight excluding hydrogens is 231 g/mol. The molecule has 1 rings (SSSR count). The van der Waals surface area contributed by atoms with E-state index in [2.05, 4.69) is 0 Å². The number of nitro groups is 1. The molecule has 2 N–H and O–H groups in total. The molecule has 1 atom stereocenters. The van der Waals surface area contributed by atoms with Crippen LogP contribution >= 0.6 is 0 Å². The first kappa shape index (κ1) is 12.9. The lowest BCUT2D eigenvalue weighted by molar-refractivity contribution is -0.386. The van der Waals surface area contributed by atoms with Gasteiger partial charge in [-0.2, -0.15) is 0 Å². The Kier molecular flexibility index (Phi) is 3.97. The van der Waals surface area contributed by atoms with Gasteiger partial charge in [0.1, 0.15) is 5.82 Å². The number of rotatable bonds is 5. The standard InChI is InChI=1S/C10H11FN2O4/c1-2-8(10(12)14)17-9-5-6(11)3-4-7(9)13(15)16/h3-5,8H,2H2,1H3,(H2,12,14). The second-order valence-electron chi connectivity index (χ2n) is 3.29. The van der Waals surface area contributed by atoms with Gasteiger partial charge in [-0.15, -0.1) is 0 Å². The fourth-order valence-electron chi connectivity index (χ4n) is 1.23. The summed E-state index contributed by atoms with van der Waals surface area (Å²) in [5, 5.41) is 10.7. The van der Waals surface area contributed by atoms with Crippen LogP contribution in [0.1, 0.15) is 13.3 Å². The van der Waals surface area contributed by atoms with Crippen molar-refractivity contribution in [3.8, 4) is 5.75 Å². The average molecular weight is 242 g/mol. The summed E-state index contributed by atoms with van der Waals surface area (Å²) >= 11 is 0. The lowest BCUT2D eigenvalue weighted by atomic mass is 10.2. The summed E-state index contributed by atoms with van der Waals surface area (Å²) < 4.78 is 18.0. The predicted octanol–water partition coefficient (Wildman–Crippen LogP) is 1.38. The lowest BCUT2D eigenvalue weighted by Gasteiger charge is -2.13. The van der Waals surface area contributed by atoms with E-state index in [9.17, 15) is 19.3 Å². The Labute approximate surface area is 96.3 Å². The summed E-state index contributed by atoms with van der Waals surface area (Å²) in [6, 6.07) is 2.76. The number of benzene rings is 1. The topological polar surface area (TPSA) is 95.5 Å². The number of carbonyl (C=O) groups excluding carboxylic acids is 1. The van der Waals surface area contributed by atoms with Gasteiger partial charge in [0.15, 0.2) is 6.10 Å².